The Morgan fingerprint density at radius 3 is 2.13 bits per heavy atom. The van der Waals surface area contributed by atoms with Gasteiger partial charge < -0.3 is 9.29 Å². The van der Waals surface area contributed by atoms with Gasteiger partial charge in [0, 0.05) is 26.2 Å². The third-order valence-electron chi connectivity index (χ3n) is 3.25. The van der Waals surface area contributed by atoms with E-state index in [0.29, 0.717) is 0 Å². The maximum atomic E-state index is 10.4. The van der Waals surface area contributed by atoms with E-state index in [4.69, 9.17) is 4.74 Å². The third kappa shape index (κ3) is 6.90. The van der Waals surface area contributed by atoms with Crippen LogP contribution in [0.3, 0.4) is 0 Å². The zero-order valence-corrected chi connectivity index (χ0v) is 14.8. The molecule has 0 spiro atoms. The van der Waals surface area contributed by atoms with Gasteiger partial charge in [-0.15, -0.1) is 0 Å². The molecule has 1 aromatic carbocycles. The molecule has 0 bridgehead atoms. The third-order valence-corrected chi connectivity index (χ3v) is 4.10. The first-order valence-corrected chi connectivity index (χ1v) is 8.63. The summed E-state index contributed by atoms with van der Waals surface area (Å²) in [5.74, 6) is 0. The SMILES string of the molecule is COCC[n+]1ccc(C)cc1C.Cc1ccc(S(=O)(=O)[O-])cc1. The van der Waals surface area contributed by atoms with E-state index in [1.807, 2.05) is 6.92 Å². The molecule has 0 saturated carbocycles. The highest BCUT2D eigenvalue weighted by molar-refractivity contribution is 7.85. The van der Waals surface area contributed by atoms with Crippen LogP contribution in [0, 0.1) is 20.8 Å². The molecule has 5 nitrogen and oxygen atoms in total. The minimum atomic E-state index is -4.27. The van der Waals surface area contributed by atoms with Gasteiger partial charge in [0.15, 0.2) is 18.4 Å². The van der Waals surface area contributed by atoms with Gasteiger partial charge in [0.05, 0.1) is 4.90 Å². The van der Waals surface area contributed by atoms with Crippen molar-refractivity contribution in [1.29, 1.82) is 0 Å². The molecule has 0 radical (unpaired) electrons. The van der Waals surface area contributed by atoms with Gasteiger partial charge in [-0.3, -0.25) is 0 Å². The van der Waals surface area contributed by atoms with E-state index in [1.54, 1.807) is 19.2 Å². The van der Waals surface area contributed by atoms with Crippen LogP contribution < -0.4 is 4.57 Å². The first-order valence-electron chi connectivity index (χ1n) is 7.22. The van der Waals surface area contributed by atoms with E-state index >= 15 is 0 Å². The minimum absolute atomic E-state index is 0.178. The van der Waals surface area contributed by atoms with E-state index in [1.165, 1.54) is 23.4 Å². The molecule has 0 aliphatic heterocycles. The van der Waals surface area contributed by atoms with Gasteiger partial charge in [-0.25, -0.2) is 13.0 Å². The van der Waals surface area contributed by atoms with E-state index in [-0.39, 0.29) is 4.90 Å². The van der Waals surface area contributed by atoms with Crippen molar-refractivity contribution in [3.63, 3.8) is 0 Å². The number of pyridine rings is 1. The van der Waals surface area contributed by atoms with Crippen LogP contribution in [-0.4, -0.2) is 26.7 Å². The Morgan fingerprint density at radius 2 is 1.65 bits per heavy atom. The summed E-state index contributed by atoms with van der Waals surface area (Å²) in [5, 5.41) is 0. The highest BCUT2D eigenvalue weighted by Gasteiger charge is 2.04. The van der Waals surface area contributed by atoms with Gasteiger partial charge in [-0.1, -0.05) is 17.7 Å². The monoisotopic (exact) mass is 337 g/mol. The average Bonchev–Trinajstić information content (AvgIpc) is 2.46. The number of hydrogen-bond donors (Lipinski definition) is 0. The normalized spacial score (nSPS) is 10.8. The van der Waals surface area contributed by atoms with Crippen molar-refractivity contribution >= 4 is 10.1 Å². The predicted molar refractivity (Wildman–Crippen MR) is 87.1 cm³/mol. The topological polar surface area (TPSA) is 70.3 Å². The summed E-state index contributed by atoms with van der Waals surface area (Å²) < 4.78 is 38.4. The second-order valence-corrected chi connectivity index (χ2v) is 6.68. The zero-order valence-electron chi connectivity index (χ0n) is 13.9. The first-order chi connectivity index (χ1) is 10.7. The number of hydrogen-bond acceptors (Lipinski definition) is 4. The Hall–Kier alpha value is -1.76. The number of methoxy groups -OCH3 is 1. The number of aromatic nitrogens is 1. The molecular weight excluding hydrogens is 314 g/mol. The molecular formula is C17H23NO4S. The van der Waals surface area contributed by atoms with Crippen molar-refractivity contribution in [3.8, 4) is 0 Å². The van der Waals surface area contributed by atoms with E-state index < -0.39 is 10.1 Å². The summed E-state index contributed by atoms with van der Waals surface area (Å²) in [6.07, 6.45) is 2.10. The Labute approximate surface area is 138 Å². The molecule has 2 aromatic rings. The van der Waals surface area contributed by atoms with Crippen molar-refractivity contribution in [1.82, 2.24) is 0 Å². The first kappa shape index (κ1) is 19.3. The van der Waals surface area contributed by atoms with Gasteiger partial charge in [-0.05, 0) is 31.5 Å². The molecule has 1 aromatic heterocycles. The van der Waals surface area contributed by atoms with Crippen LogP contribution in [0.5, 0.6) is 0 Å². The molecule has 2 rings (SSSR count). The molecule has 126 valence electrons. The summed E-state index contributed by atoms with van der Waals surface area (Å²) in [6.45, 7) is 7.74. The number of aryl methyl sites for hydroxylation is 3. The Kier molecular flexibility index (Phi) is 7.35. The highest BCUT2D eigenvalue weighted by atomic mass is 32.2. The smallest absolute Gasteiger partial charge is 0.178 e. The molecule has 0 saturated heterocycles. The maximum Gasteiger partial charge on any atom is 0.178 e. The quantitative estimate of drug-likeness (QED) is 0.633. The average molecular weight is 337 g/mol. The number of rotatable bonds is 4. The molecule has 1 heterocycles. The van der Waals surface area contributed by atoms with Crippen LogP contribution in [0.25, 0.3) is 0 Å². The second-order valence-electron chi connectivity index (χ2n) is 5.30. The van der Waals surface area contributed by atoms with Crippen LogP contribution in [-0.2, 0) is 21.4 Å². The minimum Gasteiger partial charge on any atom is -0.744 e. The summed E-state index contributed by atoms with van der Waals surface area (Å²) >= 11 is 0. The lowest BCUT2D eigenvalue weighted by Gasteiger charge is -2.05. The fourth-order valence-electron chi connectivity index (χ4n) is 1.93. The van der Waals surface area contributed by atoms with Gasteiger partial charge in [-0.2, -0.15) is 0 Å². The second kappa shape index (κ2) is 8.76. The van der Waals surface area contributed by atoms with Crippen LogP contribution in [0.4, 0.5) is 0 Å². The van der Waals surface area contributed by atoms with Crippen molar-refractivity contribution in [2.75, 3.05) is 13.7 Å². The van der Waals surface area contributed by atoms with Crippen molar-refractivity contribution < 1.29 is 22.3 Å². The molecule has 0 aliphatic carbocycles. The molecule has 0 aliphatic rings. The zero-order chi connectivity index (χ0) is 17.5. The summed E-state index contributed by atoms with van der Waals surface area (Å²) in [5.41, 5.74) is 3.52. The van der Waals surface area contributed by atoms with Crippen LogP contribution in [0.1, 0.15) is 16.8 Å². The van der Waals surface area contributed by atoms with Crippen molar-refractivity contribution in [2.45, 2.75) is 32.2 Å². The Balaban J connectivity index is 0.000000231. The molecule has 0 fully saturated rings. The number of benzene rings is 1. The van der Waals surface area contributed by atoms with Crippen LogP contribution >= 0.6 is 0 Å². The molecule has 0 unspecified atom stereocenters. The number of ether oxygens (including phenoxy) is 1. The standard InChI is InChI=1S/C10H16NO.C7H8O3S/c1-9-4-5-11(6-7-12-3)10(2)8-9;1-6-2-4-7(5-3-6)11(8,9)10/h4-5,8H,6-7H2,1-3H3;2-5H,1H3,(H,8,9,10)/q+1;/p-1. The van der Waals surface area contributed by atoms with Crippen LogP contribution in [0.15, 0.2) is 47.5 Å². The largest absolute Gasteiger partial charge is 0.744 e. The number of nitrogens with zero attached hydrogens (tertiary/aromatic N) is 1. The van der Waals surface area contributed by atoms with E-state index in [9.17, 15) is 13.0 Å². The van der Waals surface area contributed by atoms with Crippen LogP contribution in [0.2, 0.25) is 0 Å². The molecule has 0 N–H and O–H groups in total. The van der Waals surface area contributed by atoms with Crippen molar-refractivity contribution in [2.24, 2.45) is 0 Å². The summed E-state index contributed by atoms with van der Waals surface area (Å²) in [6, 6.07) is 10.1. The maximum absolute atomic E-state index is 10.4. The molecule has 0 atom stereocenters. The fourth-order valence-corrected chi connectivity index (χ4v) is 2.40. The Bertz CT molecular complexity index is 725. The molecule has 0 amide bonds. The van der Waals surface area contributed by atoms with Gasteiger partial charge in [0.1, 0.15) is 16.7 Å². The highest BCUT2D eigenvalue weighted by Crippen LogP contribution is 2.08. The lowest BCUT2D eigenvalue weighted by Crippen LogP contribution is -2.38. The molecule has 23 heavy (non-hydrogen) atoms. The Morgan fingerprint density at radius 1 is 1.04 bits per heavy atom. The summed E-state index contributed by atoms with van der Waals surface area (Å²) in [7, 11) is -2.54. The lowest BCUT2D eigenvalue weighted by atomic mass is 10.2. The summed E-state index contributed by atoms with van der Waals surface area (Å²) in [4.78, 5) is -0.178. The van der Waals surface area contributed by atoms with Gasteiger partial charge in [0.25, 0.3) is 0 Å². The van der Waals surface area contributed by atoms with Gasteiger partial charge >= 0.3 is 0 Å². The van der Waals surface area contributed by atoms with Crippen molar-refractivity contribution in [3.05, 3.63) is 59.4 Å². The molecule has 6 heteroatoms. The lowest BCUT2D eigenvalue weighted by molar-refractivity contribution is -0.704. The van der Waals surface area contributed by atoms with Gasteiger partial charge in [0.2, 0.25) is 0 Å². The predicted octanol–water partition coefficient (Wildman–Crippen LogP) is 2.14. The van der Waals surface area contributed by atoms with E-state index in [0.717, 1.165) is 18.7 Å². The fraction of sp³-hybridized carbons (Fsp3) is 0.353. The van der Waals surface area contributed by atoms with E-state index in [2.05, 4.69) is 36.7 Å².